The summed E-state index contributed by atoms with van der Waals surface area (Å²) in [6.07, 6.45) is 11.1. The van der Waals surface area contributed by atoms with Crippen molar-refractivity contribution in [2.24, 2.45) is 39.9 Å². The van der Waals surface area contributed by atoms with E-state index in [4.69, 9.17) is 21.1 Å². The third kappa shape index (κ3) is 16.9. The fraction of sp³-hybridized carbons (Fsp3) is 0.0857. The van der Waals surface area contributed by atoms with Crippen molar-refractivity contribution in [3.63, 3.8) is 0 Å². The summed E-state index contributed by atoms with van der Waals surface area (Å²) in [6, 6.07) is 18.2. The third-order valence-electron chi connectivity index (χ3n) is 5.63. The molecular formula is C35H20BrClN8O10. The highest BCUT2D eigenvalue weighted by Gasteiger charge is 2.04. The molecule has 0 aliphatic heterocycles. The molecule has 0 heterocycles. The summed E-state index contributed by atoms with van der Waals surface area (Å²) >= 11 is 8.83. The van der Waals surface area contributed by atoms with Gasteiger partial charge in [0, 0.05) is 4.47 Å². The van der Waals surface area contributed by atoms with E-state index < -0.39 is 0 Å². The van der Waals surface area contributed by atoms with Gasteiger partial charge >= 0.3 is 0 Å². The number of benzene rings is 4. The predicted molar refractivity (Wildman–Crippen MR) is 198 cm³/mol. The molecule has 0 bridgehead atoms. The van der Waals surface area contributed by atoms with Gasteiger partial charge in [-0.15, -0.1) is 0 Å². The van der Waals surface area contributed by atoms with Crippen molar-refractivity contribution in [3.8, 4) is 11.5 Å². The second kappa shape index (κ2) is 27.0. The van der Waals surface area contributed by atoms with Crippen molar-refractivity contribution >= 4 is 122 Å². The Morgan fingerprint density at radius 2 is 0.836 bits per heavy atom. The molecule has 4 aromatic rings. The van der Waals surface area contributed by atoms with Crippen LogP contribution in [0.3, 0.4) is 0 Å². The number of aliphatic imine (C=N–C) groups is 8. The highest BCUT2D eigenvalue weighted by atomic mass is 79.9. The molecule has 0 radical (unpaired) electrons. The molecule has 0 aliphatic rings. The SMILES string of the molecule is CCOc1ccc(N=C=O)cc1N=C=O.COc1ccc(N=C=O)cc1N=C=O.O=C=Nc1ccc(Br)c(N=C=O)c1.O=C=Nc1ccc(Cl)c(N=C=O)c1. The van der Waals surface area contributed by atoms with Crippen LogP contribution in [-0.4, -0.2) is 62.4 Å². The summed E-state index contributed by atoms with van der Waals surface area (Å²) < 4.78 is 10.8. The summed E-state index contributed by atoms with van der Waals surface area (Å²) in [7, 11) is 1.45. The zero-order valence-corrected chi connectivity index (χ0v) is 30.4. The van der Waals surface area contributed by atoms with E-state index in [0.717, 1.165) is 0 Å². The molecule has 0 saturated heterocycles. The van der Waals surface area contributed by atoms with E-state index >= 15 is 0 Å². The molecular weight excluding hydrogens is 808 g/mol. The number of hydrogen-bond donors (Lipinski definition) is 0. The van der Waals surface area contributed by atoms with Crippen molar-refractivity contribution in [1.82, 2.24) is 0 Å². The molecule has 0 spiro atoms. The van der Waals surface area contributed by atoms with Crippen LogP contribution in [0.4, 0.5) is 45.5 Å². The Balaban J connectivity index is 0.000000367. The van der Waals surface area contributed by atoms with Crippen molar-refractivity contribution in [2.45, 2.75) is 6.92 Å². The van der Waals surface area contributed by atoms with Gasteiger partial charge in [0.2, 0.25) is 48.6 Å². The Morgan fingerprint density at radius 3 is 1.27 bits per heavy atom. The van der Waals surface area contributed by atoms with Crippen molar-refractivity contribution in [1.29, 1.82) is 0 Å². The minimum Gasteiger partial charge on any atom is -0.494 e. The quantitative estimate of drug-likeness (QED) is 0.103. The summed E-state index contributed by atoms with van der Waals surface area (Å²) in [5.41, 5.74) is 2.64. The molecule has 0 N–H and O–H groups in total. The minimum absolute atomic E-state index is 0.230. The van der Waals surface area contributed by atoms with Crippen LogP contribution in [-0.2, 0) is 38.4 Å². The van der Waals surface area contributed by atoms with E-state index in [-0.39, 0.29) is 11.4 Å². The number of isocyanates is 8. The van der Waals surface area contributed by atoms with E-state index in [1.807, 2.05) is 6.92 Å². The first kappa shape index (κ1) is 45.3. The Kier molecular flexibility index (Phi) is 22.3. The van der Waals surface area contributed by atoms with Crippen LogP contribution in [0.5, 0.6) is 11.5 Å². The molecule has 18 nitrogen and oxygen atoms in total. The molecule has 0 aromatic heterocycles. The second-order valence-corrected chi connectivity index (χ2v) is 10.1. The maximum Gasteiger partial charge on any atom is 0.240 e. The van der Waals surface area contributed by atoms with Crippen LogP contribution >= 0.6 is 27.5 Å². The number of methoxy groups -OCH3 is 1. The van der Waals surface area contributed by atoms with Gasteiger partial charge < -0.3 is 9.47 Å². The molecule has 0 fully saturated rings. The Hall–Kier alpha value is -7.71. The van der Waals surface area contributed by atoms with Crippen LogP contribution in [0, 0.1) is 0 Å². The van der Waals surface area contributed by atoms with Crippen molar-refractivity contribution < 1.29 is 47.8 Å². The maximum atomic E-state index is 10.1. The van der Waals surface area contributed by atoms with Crippen LogP contribution in [0.2, 0.25) is 5.02 Å². The van der Waals surface area contributed by atoms with E-state index in [1.165, 1.54) is 92.1 Å². The van der Waals surface area contributed by atoms with Gasteiger partial charge in [0.25, 0.3) is 0 Å². The fourth-order valence-corrected chi connectivity index (χ4v) is 3.99. The minimum atomic E-state index is 0.230. The molecule has 274 valence electrons. The summed E-state index contributed by atoms with van der Waals surface area (Å²) in [5.74, 6) is 0.865. The van der Waals surface area contributed by atoms with Gasteiger partial charge in [-0.3, -0.25) is 0 Å². The second-order valence-electron chi connectivity index (χ2n) is 8.84. The van der Waals surface area contributed by atoms with Gasteiger partial charge in [0.1, 0.15) is 22.9 Å². The van der Waals surface area contributed by atoms with Crippen LogP contribution in [0.15, 0.2) is 117 Å². The number of hydrogen-bond acceptors (Lipinski definition) is 18. The lowest BCUT2D eigenvalue weighted by atomic mass is 10.2. The number of halogens is 2. The molecule has 0 aliphatic carbocycles. The topological polar surface area (TPSA) is 254 Å². The zero-order chi connectivity index (χ0) is 40.8. The number of nitrogens with zero attached hydrogens (tertiary/aromatic N) is 8. The average molecular weight is 828 g/mol. The van der Waals surface area contributed by atoms with Crippen LogP contribution in [0.1, 0.15) is 6.92 Å². The lowest BCUT2D eigenvalue weighted by molar-refractivity contribution is 0.341. The fourth-order valence-electron chi connectivity index (χ4n) is 3.50. The molecule has 0 atom stereocenters. The van der Waals surface area contributed by atoms with E-state index in [0.29, 0.717) is 61.7 Å². The largest absolute Gasteiger partial charge is 0.494 e. The molecule has 55 heavy (non-hydrogen) atoms. The first-order valence-corrected chi connectivity index (χ1v) is 15.5. The lowest BCUT2D eigenvalue weighted by Gasteiger charge is -2.05. The van der Waals surface area contributed by atoms with Crippen molar-refractivity contribution in [3.05, 3.63) is 82.3 Å². The normalized spacial score (nSPS) is 8.44. The molecule has 4 aromatic carbocycles. The van der Waals surface area contributed by atoms with Gasteiger partial charge in [0.05, 0.1) is 52.9 Å². The molecule has 0 amide bonds. The maximum absolute atomic E-state index is 10.1. The van der Waals surface area contributed by atoms with Gasteiger partial charge in [-0.2, -0.15) is 39.9 Å². The molecule has 20 heteroatoms. The standard InChI is InChI=1S/C10H8N2O3.C9H6N2O3.C8H3BrN2O2.C8H3ClN2O2/c1-2-15-10-4-3-8(11-6-13)5-9(10)12-7-14;1-14-9-3-2-7(10-5-12)4-8(9)11-6-13;2*9-7-2-1-6(10-4-12)3-8(7)11-5-13/h3-5H,2H2,1H3;2-4H,1H3;2*1-3H. The Labute approximate surface area is 322 Å². The smallest absolute Gasteiger partial charge is 0.240 e. The number of carbonyl (C=O) groups excluding carboxylic acids is 8. The van der Waals surface area contributed by atoms with Crippen molar-refractivity contribution in [2.75, 3.05) is 13.7 Å². The van der Waals surface area contributed by atoms with Gasteiger partial charge in [-0.25, -0.2) is 38.4 Å². The van der Waals surface area contributed by atoms with Gasteiger partial charge in [0.15, 0.2) is 0 Å². The van der Waals surface area contributed by atoms with Gasteiger partial charge in [-0.1, -0.05) is 11.6 Å². The molecule has 0 saturated carbocycles. The zero-order valence-electron chi connectivity index (χ0n) is 28.1. The number of rotatable bonds is 11. The van der Waals surface area contributed by atoms with E-state index in [9.17, 15) is 38.4 Å². The summed E-state index contributed by atoms with van der Waals surface area (Å²) in [5, 5.41) is 0.299. The van der Waals surface area contributed by atoms with Gasteiger partial charge in [-0.05, 0) is 95.7 Å². The Morgan fingerprint density at radius 1 is 0.491 bits per heavy atom. The molecule has 4 rings (SSSR count). The molecule has 0 unspecified atom stereocenters. The Bertz CT molecular complexity index is 2300. The number of ether oxygens (including phenoxy) is 2. The van der Waals surface area contributed by atoms with E-state index in [1.54, 1.807) is 36.4 Å². The van der Waals surface area contributed by atoms with Crippen LogP contribution in [0.25, 0.3) is 0 Å². The highest BCUT2D eigenvalue weighted by Crippen LogP contribution is 2.33. The highest BCUT2D eigenvalue weighted by molar-refractivity contribution is 9.10. The summed E-state index contributed by atoms with van der Waals surface area (Å²) in [6.45, 7) is 2.27. The van der Waals surface area contributed by atoms with E-state index in [2.05, 4.69) is 55.9 Å². The van der Waals surface area contributed by atoms with Crippen LogP contribution < -0.4 is 9.47 Å². The lowest BCUT2D eigenvalue weighted by Crippen LogP contribution is -1.91. The first-order valence-electron chi connectivity index (χ1n) is 14.4. The predicted octanol–water partition coefficient (Wildman–Crippen LogP) is 8.31. The average Bonchev–Trinajstić information content (AvgIpc) is 3.17. The third-order valence-corrected chi connectivity index (χ3v) is 6.62. The summed E-state index contributed by atoms with van der Waals surface area (Å²) in [4.78, 5) is 107. The first-order chi connectivity index (χ1) is 26.7. The monoisotopic (exact) mass is 826 g/mol.